The normalized spacial score (nSPS) is 12.8. The van der Waals surface area contributed by atoms with Gasteiger partial charge in [0.2, 0.25) is 0 Å². The lowest BCUT2D eigenvalue weighted by Crippen LogP contribution is -2.15. The van der Waals surface area contributed by atoms with Crippen molar-refractivity contribution < 1.29 is 0 Å². The van der Waals surface area contributed by atoms with E-state index in [1.807, 2.05) is 18.7 Å². The fourth-order valence-corrected chi connectivity index (χ4v) is 2.48. The summed E-state index contributed by atoms with van der Waals surface area (Å²) in [5, 5.41) is 0.596. The fraction of sp³-hybridized carbons (Fsp3) is 0.636. The SMILES string of the molecule is CCc1nc(CSC(C)CC)[nH]c(=O)c1Br. The predicted octanol–water partition coefficient (Wildman–Crippen LogP) is 3.13. The first-order valence-electron chi connectivity index (χ1n) is 5.47. The van der Waals surface area contributed by atoms with Crippen LogP contribution in [0.2, 0.25) is 0 Å². The topological polar surface area (TPSA) is 45.8 Å². The van der Waals surface area contributed by atoms with Crippen molar-refractivity contribution in [2.24, 2.45) is 0 Å². The van der Waals surface area contributed by atoms with E-state index in [1.54, 1.807) is 0 Å². The van der Waals surface area contributed by atoms with E-state index in [-0.39, 0.29) is 5.56 Å². The highest BCUT2D eigenvalue weighted by molar-refractivity contribution is 9.10. The van der Waals surface area contributed by atoms with Crippen LogP contribution in [0, 0.1) is 0 Å². The Kier molecular flexibility index (Phi) is 5.55. The molecule has 90 valence electrons. The van der Waals surface area contributed by atoms with Gasteiger partial charge in [0.1, 0.15) is 10.3 Å². The number of H-pyrrole nitrogens is 1. The predicted molar refractivity (Wildman–Crippen MR) is 73.0 cm³/mol. The number of aromatic nitrogens is 2. The first-order valence-corrected chi connectivity index (χ1v) is 7.31. The Morgan fingerprint density at radius 3 is 2.75 bits per heavy atom. The molecule has 5 heteroatoms. The van der Waals surface area contributed by atoms with E-state index in [9.17, 15) is 4.79 Å². The zero-order valence-electron chi connectivity index (χ0n) is 9.84. The summed E-state index contributed by atoms with van der Waals surface area (Å²) in [6, 6.07) is 0. The van der Waals surface area contributed by atoms with Crippen LogP contribution in [0.4, 0.5) is 0 Å². The number of nitrogens with one attached hydrogen (secondary N) is 1. The van der Waals surface area contributed by atoms with Gasteiger partial charge in [0.25, 0.3) is 5.56 Å². The average molecular weight is 305 g/mol. The molecule has 1 heterocycles. The molecular formula is C11H17BrN2OS. The Balaban J connectivity index is 2.82. The number of hydrogen-bond acceptors (Lipinski definition) is 3. The van der Waals surface area contributed by atoms with E-state index in [4.69, 9.17) is 0 Å². The largest absolute Gasteiger partial charge is 0.309 e. The summed E-state index contributed by atoms with van der Waals surface area (Å²) in [5.74, 6) is 1.54. The van der Waals surface area contributed by atoms with Gasteiger partial charge in [-0.25, -0.2) is 4.98 Å². The van der Waals surface area contributed by atoms with Gasteiger partial charge >= 0.3 is 0 Å². The first kappa shape index (κ1) is 13.8. The van der Waals surface area contributed by atoms with E-state index in [0.717, 1.165) is 30.1 Å². The molecule has 0 aliphatic carbocycles. The van der Waals surface area contributed by atoms with Crippen LogP contribution in [0.5, 0.6) is 0 Å². The van der Waals surface area contributed by atoms with Crippen molar-refractivity contribution in [2.75, 3.05) is 0 Å². The number of aryl methyl sites for hydroxylation is 1. The fourth-order valence-electron chi connectivity index (χ4n) is 1.20. The molecule has 0 bridgehead atoms. The minimum absolute atomic E-state index is 0.0772. The Hall–Kier alpha value is -0.290. The van der Waals surface area contributed by atoms with E-state index < -0.39 is 0 Å². The molecule has 16 heavy (non-hydrogen) atoms. The molecule has 0 saturated carbocycles. The maximum absolute atomic E-state index is 11.6. The van der Waals surface area contributed by atoms with Gasteiger partial charge in [0.05, 0.1) is 11.4 Å². The molecule has 1 N–H and O–H groups in total. The second kappa shape index (κ2) is 6.45. The second-order valence-corrected chi connectivity index (χ2v) is 5.88. The third-order valence-electron chi connectivity index (χ3n) is 2.39. The summed E-state index contributed by atoms with van der Waals surface area (Å²) in [7, 11) is 0. The van der Waals surface area contributed by atoms with E-state index in [0.29, 0.717) is 9.72 Å². The molecule has 0 radical (unpaired) electrons. The van der Waals surface area contributed by atoms with Crippen LogP contribution in [0.3, 0.4) is 0 Å². The van der Waals surface area contributed by atoms with Crippen molar-refractivity contribution >= 4 is 27.7 Å². The van der Waals surface area contributed by atoms with Gasteiger partial charge in [0, 0.05) is 5.25 Å². The summed E-state index contributed by atoms with van der Waals surface area (Å²) in [4.78, 5) is 18.8. The van der Waals surface area contributed by atoms with Crippen LogP contribution in [-0.4, -0.2) is 15.2 Å². The van der Waals surface area contributed by atoms with Gasteiger partial charge in [0.15, 0.2) is 0 Å². The highest BCUT2D eigenvalue weighted by atomic mass is 79.9. The minimum Gasteiger partial charge on any atom is -0.309 e. The molecule has 0 spiro atoms. The van der Waals surface area contributed by atoms with Crippen LogP contribution in [0.25, 0.3) is 0 Å². The lowest BCUT2D eigenvalue weighted by molar-refractivity contribution is 0.885. The quantitative estimate of drug-likeness (QED) is 0.909. The molecule has 1 aromatic rings. The molecule has 0 amide bonds. The monoisotopic (exact) mass is 304 g/mol. The highest BCUT2D eigenvalue weighted by Crippen LogP contribution is 2.18. The molecule has 0 fully saturated rings. The molecular weight excluding hydrogens is 288 g/mol. The molecule has 0 saturated heterocycles. The zero-order chi connectivity index (χ0) is 12.1. The number of thioether (sulfide) groups is 1. The Morgan fingerprint density at radius 1 is 1.50 bits per heavy atom. The summed E-state index contributed by atoms with van der Waals surface area (Å²) in [6.07, 6.45) is 1.90. The molecule has 0 aromatic carbocycles. The molecule has 1 atom stereocenters. The standard InChI is InChI=1S/C11H17BrN2OS/c1-4-7(3)16-6-9-13-8(5-2)10(12)11(15)14-9/h7H,4-6H2,1-3H3,(H,13,14,15). The Labute approximate surface area is 109 Å². The van der Waals surface area contributed by atoms with Crippen molar-refractivity contribution in [3.8, 4) is 0 Å². The smallest absolute Gasteiger partial charge is 0.265 e. The molecule has 0 aliphatic rings. The van der Waals surface area contributed by atoms with Crippen LogP contribution in [0.1, 0.15) is 38.7 Å². The highest BCUT2D eigenvalue weighted by Gasteiger charge is 2.08. The van der Waals surface area contributed by atoms with Crippen LogP contribution < -0.4 is 5.56 Å². The van der Waals surface area contributed by atoms with Gasteiger partial charge in [-0.1, -0.05) is 20.8 Å². The van der Waals surface area contributed by atoms with E-state index >= 15 is 0 Å². The number of halogens is 1. The average Bonchev–Trinajstić information content (AvgIpc) is 2.29. The van der Waals surface area contributed by atoms with Crippen molar-refractivity contribution in [1.82, 2.24) is 9.97 Å². The van der Waals surface area contributed by atoms with E-state index in [1.165, 1.54) is 0 Å². The minimum atomic E-state index is -0.0772. The maximum atomic E-state index is 11.6. The van der Waals surface area contributed by atoms with Crippen molar-refractivity contribution in [3.63, 3.8) is 0 Å². The molecule has 0 aliphatic heterocycles. The third kappa shape index (κ3) is 3.63. The maximum Gasteiger partial charge on any atom is 0.265 e. The summed E-state index contributed by atoms with van der Waals surface area (Å²) < 4.78 is 0.562. The number of aromatic amines is 1. The summed E-state index contributed by atoms with van der Waals surface area (Å²) in [5.41, 5.74) is 0.759. The van der Waals surface area contributed by atoms with Crippen LogP contribution in [0.15, 0.2) is 9.27 Å². The first-order chi connectivity index (χ1) is 7.58. The number of nitrogens with zero attached hydrogens (tertiary/aromatic N) is 1. The second-order valence-electron chi connectivity index (χ2n) is 3.66. The Bertz CT molecular complexity index is 405. The molecule has 3 nitrogen and oxygen atoms in total. The van der Waals surface area contributed by atoms with E-state index in [2.05, 4.69) is 39.7 Å². The van der Waals surface area contributed by atoms with Gasteiger partial charge in [-0.3, -0.25) is 4.79 Å². The number of rotatable bonds is 5. The van der Waals surface area contributed by atoms with Gasteiger partial charge in [-0.2, -0.15) is 11.8 Å². The molecule has 1 unspecified atom stereocenters. The number of hydrogen-bond donors (Lipinski definition) is 1. The van der Waals surface area contributed by atoms with Crippen LogP contribution in [-0.2, 0) is 12.2 Å². The van der Waals surface area contributed by atoms with Crippen molar-refractivity contribution in [3.05, 3.63) is 26.3 Å². The zero-order valence-corrected chi connectivity index (χ0v) is 12.2. The molecule has 1 aromatic heterocycles. The third-order valence-corrected chi connectivity index (χ3v) is 4.56. The lowest BCUT2D eigenvalue weighted by Gasteiger charge is -2.08. The van der Waals surface area contributed by atoms with Crippen molar-refractivity contribution in [2.45, 2.75) is 44.6 Å². The lowest BCUT2D eigenvalue weighted by atomic mass is 10.3. The summed E-state index contributed by atoms with van der Waals surface area (Å²) in [6.45, 7) is 6.34. The van der Waals surface area contributed by atoms with Crippen LogP contribution >= 0.6 is 27.7 Å². The molecule has 1 rings (SSSR count). The summed E-state index contributed by atoms with van der Waals surface area (Å²) >= 11 is 5.07. The van der Waals surface area contributed by atoms with Crippen molar-refractivity contribution in [1.29, 1.82) is 0 Å². The van der Waals surface area contributed by atoms with Gasteiger partial charge in [-0.05, 0) is 28.8 Å². The van der Waals surface area contributed by atoms with Gasteiger partial charge < -0.3 is 4.98 Å². The Morgan fingerprint density at radius 2 is 2.19 bits per heavy atom. The van der Waals surface area contributed by atoms with Gasteiger partial charge in [-0.15, -0.1) is 0 Å².